The second kappa shape index (κ2) is 1.96. The molecule has 1 aromatic carbocycles. The van der Waals surface area contributed by atoms with Gasteiger partial charge in [0.1, 0.15) is 6.17 Å². The first-order chi connectivity index (χ1) is 5.77. The third-order valence-corrected chi connectivity index (χ3v) is 3.14. The molecule has 2 aliphatic rings. The van der Waals surface area contributed by atoms with E-state index in [1.807, 2.05) is 0 Å². The Labute approximate surface area is 79.7 Å². The number of fused-ring (bicyclic) bond motifs is 3. The molecule has 0 aliphatic carbocycles. The van der Waals surface area contributed by atoms with E-state index < -0.39 is 0 Å². The number of hydrogen-bond donors (Lipinski definition) is 1. The Morgan fingerprint density at radius 2 is 2.33 bits per heavy atom. The summed E-state index contributed by atoms with van der Waals surface area (Å²) in [7, 11) is 0. The minimum atomic E-state index is 0.564. The summed E-state index contributed by atoms with van der Waals surface area (Å²) < 4.78 is 1.14. The Morgan fingerprint density at radius 1 is 1.50 bits per heavy atom. The van der Waals surface area contributed by atoms with Crippen molar-refractivity contribution in [2.45, 2.75) is 19.1 Å². The molecule has 3 heteroatoms. The standard InChI is InChI=1S/C9H9BrN2/c1-5-9-11-7-4-6(10)2-3-8(7)12(5)9/h2-5,9,11H,1H3/t5-,9?,12?/m0/s1. The summed E-state index contributed by atoms with van der Waals surface area (Å²) in [6, 6.07) is 7.07. The van der Waals surface area contributed by atoms with Crippen LogP contribution >= 0.6 is 15.9 Å². The summed E-state index contributed by atoms with van der Waals surface area (Å²) in [6.45, 7) is 2.24. The fraction of sp³-hybridized carbons (Fsp3) is 0.333. The van der Waals surface area contributed by atoms with E-state index in [2.05, 4.69) is 51.3 Å². The maximum absolute atomic E-state index is 3.46. The van der Waals surface area contributed by atoms with Gasteiger partial charge in [0.05, 0.1) is 17.4 Å². The number of nitrogens with one attached hydrogen (secondary N) is 1. The molecule has 0 spiro atoms. The summed E-state index contributed by atoms with van der Waals surface area (Å²) in [5, 5.41) is 3.46. The van der Waals surface area contributed by atoms with E-state index in [1.165, 1.54) is 11.4 Å². The van der Waals surface area contributed by atoms with Crippen LogP contribution in [0.2, 0.25) is 0 Å². The van der Waals surface area contributed by atoms with E-state index >= 15 is 0 Å². The lowest BCUT2D eigenvalue weighted by Crippen LogP contribution is -2.02. The highest BCUT2D eigenvalue weighted by Gasteiger charge is 2.49. The minimum absolute atomic E-state index is 0.564. The molecule has 1 fully saturated rings. The molecule has 2 aliphatic heterocycles. The number of anilines is 2. The molecule has 2 heterocycles. The van der Waals surface area contributed by atoms with Crippen LogP contribution in [-0.2, 0) is 0 Å². The molecule has 1 aromatic rings. The lowest BCUT2D eigenvalue weighted by Gasteiger charge is -2.05. The van der Waals surface area contributed by atoms with Crippen LogP contribution in [0.15, 0.2) is 22.7 Å². The van der Waals surface area contributed by atoms with Crippen LogP contribution in [0.1, 0.15) is 6.92 Å². The average Bonchev–Trinajstić information content (AvgIpc) is 2.57. The van der Waals surface area contributed by atoms with Gasteiger partial charge in [0, 0.05) is 4.47 Å². The molecule has 2 nitrogen and oxygen atoms in total. The number of halogens is 1. The minimum Gasteiger partial charge on any atom is -0.362 e. The van der Waals surface area contributed by atoms with Gasteiger partial charge in [-0.05, 0) is 25.1 Å². The molecule has 1 saturated heterocycles. The van der Waals surface area contributed by atoms with Crippen LogP contribution in [0.3, 0.4) is 0 Å². The zero-order valence-corrected chi connectivity index (χ0v) is 8.30. The predicted molar refractivity (Wildman–Crippen MR) is 53.5 cm³/mol. The first kappa shape index (κ1) is 6.78. The van der Waals surface area contributed by atoms with E-state index in [0.717, 1.165) is 4.47 Å². The van der Waals surface area contributed by atoms with Crippen LogP contribution in [0, 0.1) is 0 Å². The van der Waals surface area contributed by atoms with Gasteiger partial charge in [0.15, 0.2) is 0 Å². The molecule has 0 saturated carbocycles. The number of benzene rings is 1. The SMILES string of the molecule is C[C@H]1C2Nc3cc(Br)ccc3N21. The van der Waals surface area contributed by atoms with Crippen LogP contribution in [0.4, 0.5) is 11.4 Å². The van der Waals surface area contributed by atoms with Gasteiger partial charge in [-0.1, -0.05) is 15.9 Å². The first-order valence-corrected chi connectivity index (χ1v) is 4.91. The van der Waals surface area contributed by atoms with Crippen molar-refractivity contribution in [3.8, 4) is 0 Å². The van der Waals surface area contributed by atoms with E-state index in [1.54, 1.807) is 0 Å². The normalized spacial score (nSPS) is 29.3. The van der Waals surface area contributed by atoms with Crippen molar-refractivity contribution in [1.29, 1.82) is 0 Å². The summed E-state index contributed by atoms with van der Waals surface area (Å²) in [4.78, 5) is 2.39. The Morgan fingerprint density at radius 3 is 3.17 bits per heavy atom. The van der Waals surface area contributed by atoms with Gasteiger partial charge >= 0.3 is 0 Å². The van der Waals surface area contributed by atoms with Crippen LogP contribution < -0.4 is 10.2 Å². The van der Waals surface area contributed by atoms with Gasteiger partial charge in [-0.3, -0.25) is 0 Å². The monoisotopic (exact) mass is 224 g/mol. The average molecular weight is 225 g/mol. The second-order valence-corrected chi connectivity index (χ2v) is 4.31. The summed E-state index contributed by atoms with van der Waals surface area (Å²) in [5.74, 6) is 0. The fourth-order valence-corrected chi connectivity index (χ4v) is 2.28. The van der Waals surface area contributed by atoms with Gasteiger partial charge in [-0.2, -0.15) is 0 Å². The molecule has 0 bridgehead atoms. The molecule has 12 heavy (non-hydrogen) atoms. The molecule has 2 atom stereocenters. The Bertz CT molecular complexity index is 350. The molecule has 0 amide bonds. The third kappa shape index (κ3) is 0.698. The topological polar surface area (TPSA) is 15.0 Å². The Hall–Kier alpha value is -0.700. The number of hydrogen-bond acceptors (Lipinski definition) is 2. The lowest BCUT2D eigenvalue weighted by atomic mass is 10.2. The highest BCUT2D eigenvalue weighted by Crippen LogP contribution is 2.47. The molecule has 0 aromatic heterocycles. The highest BCUT2D eigenvalue weighted by molar-refractivity contribution is 9.10. The van der Waals surface area contributed by atoms with Crippen molar-refractivity contribution in [2.75, 3.05) is 10.2 Å². The van der Waals surface area contributed by atoms with Gasteiger partial charge in [0.25, 0.3) is 0 Å². The van der Waals surface area contributed by atoms with Crippen molar-refractivity contribution < 1.29 is 0 Å². The van der Waals surface area contributed by atoms with Crippen molar-refractivity contribution in [3.63, 3.8) is 0 Å². The predicted octanol–water partition coefficient (Wildman–Crippen LogP) is 2.41. The van der Waals surface area contributed by atoms with Crippen molar-refractivity contribution >= 4 is 27.3 Å². The molecular weight excluding hydrogens is 216 g/mol. The van der Waals surface area contributed by atoms with E-state index in [0.29, 0.717) is 12.2 Å². The third-order valence-electron chi connectivity index (χ3n) is 2.65. The summed E-state index contributed by atoms with van der Waals surface area (Å²) in [5.41, 5.74) is 2.60. The van der Waals surface area contributed by atoms with E-state index in [4.69, 9.17) is 0 Å². The van der Waals surface area contributed by atoms with Gasteiger partial charge in [-0.15, -0.1) is 0 Å². The molecule has 1 N–H and O–H groups in total. The maximum atomic E-state index is 3.46. The summed E-state index contributed by atoms with van der Waals surface area (Å²) in [6.07, 6.45) is 0.564. The van der Waals surface area contributed by atoms with Crippen molar-refractivity contribution in [2.24, 2.45) is 0 Å². The smallest absolute Gasteiger partial charge is 0.120 e. The zero-order chi connectivity index (χ0) is 8.29. The molecule has 1 unspecified atom stereocenters. The largest absolute Gasteiger partial charge is 0.362 e. The highest BCUT2D eigenvalue weighted by atomic mass is 79.9. The fourth-order valence-electron chi connectivity index (χ4n) is 1.92. The quantitative estimate of drug-likeness (QED) is 0.682. The van der Waals surface area contributed by atoms with Crippen molar-refractivity contribution in [3.05, 3.63) is 22.7 Å². The number of nitrogens with zero attached hydrogens (tertiary/aromatic N) is 1. The van der Waals surface area contributed by atoms with E-state index in [-0.39, 0.29) is 0 Å². The van der Waals surface area contributed by atoms with Crippen LogP contribution in [0.5, 0.6) is 0 Å². The first-order valence-electron chi connectivity index (χ1n) is 4.12. The van der Waals surface area contributed by atoms with Gasteiger partial charge < -0.3 is 10.2 Å². The second-order valence-electron chi connectivity index (χ2n) is 3.40. The molecule has 3 rings (SSSR count). The maximum Gasteiger partial charge on any atom is 0.120 e. The van der Waals surface area contributed by atoms with Gasteiger partial charge in [-0.25, -0.2) is 0 Å². The lowest BCUT2D eigenvalue weighted by molar-refractivity contribution is 1.05. The molecule has 0 radical (unpaired) electrons. The summed E-state index contributed by atoms with van der Waals surface area (Å²) >= 11 is 3.46. The van der Waals surface area contributed by atoms with Crippen LogP contribution in [0.25, 0.3) is 0 Å². The van der Waals surface area contributed by atoms with Gasteiger partial charge in [0.2, 0.25) is 0 Å². The van der Waals surface area contributed by atoms with E-state index in [9.17, 15) is 0 Å². The Balaban J connectivity index is 2.11. The zero-order valence-electron chi connectivity index (χ0n) is 6.71. The number of rotatable bonds is 0. The van der Waals surface area contributed by atoms with Crippen molar-refractivity contribution in [1.82, 2.24) is 0 Å². The Kier molecular flexibility index (Phi) is 1.11. The molecule has 62 valence electrons. The molecular formula is C9H9BrN2. The van der Waals surface area contributed by atoms with Crippen LogP contribution in [-0.4, -0.2) is 12.2 Å².